The second kappa shape index (κ2) is 16.4. The van der Waals surface area contributed by atoms with Gasteiger partial charge in [-0.05, 0) is 49.8 Å². The van der Waals surface area contributed by atoms with Crippen LogP contribution in [0.15, 0.2) is 67.3 Å². The van der Waals surface area contributed by atoms with Gasteiger partial charge in [-0.25, -0.2) is 4.79 Å². The van der Waals surface area contributed by atoms with E-state index in [0.717, 1.165) is 11.1 Å². The molecule has 2 heterocycles. The minimum atomic E-state index is -1.90. The smallest absolute Gasteiger partial charge is 0.338 e. The van der Waals surface area contributed by atoms with Gasteiger partial charge >= 0.3 is 17.9 Å². The summed E-state index contributed by atoms with van der Waals surface area (Å²) in [5, 5.41) is 34.2. The van der Waals surface area contributed by atoms with Crippen molar-refractivity contribution >= 4 is 29.5 Å². The lowest BCUT2D eigenvalue weighted by Gasteiger charge is -2.38. The van der Waals surface area contributed by atoms with Crippen LogP contribution in [-0.2, 0) is 51.0 Å². The maximum absolute atomic E-state index is 14.0. The van der Waals surface area contributed by atoms with Crippen molar-refractivity contribution in [3.8, 4) is 0 Å². The molecular formula is C33H40N2O11. The number of aliphatic hydroxyl groups excluding tert-OH is 3. The molecule has 13 heteroatoms. The number of nitrogens with one attached hydrogen (secondary N) is 1. The molecule has 7 atom stereocenters. The number of para-hydroxylation sites is 1. The Bertz CT molecular complexity index is 1370. The lowest BCUT2D eigenvalue weighted by atomic mass is 9.99. The third-order valence-corrected chi connectivity index (χ3v) is 7.77. The molecule has 0 aromatic heterocycles. The van der Waals surface area contributed by atoms with Gasteiger partial charge in [-0.3, -0.25) is 24.6 Å². The number of rotatable bonds is 13. The fourth-order valence-corrected chi connectivity index (χ4v) is 5.40. The average Bonchev–Trinajstić information content (AvgIpc) is 3.18. The Morgan fingerprint density at radius 1 is 1.04 bits per heavy atom. The minimum absolute atomic E-state index is 0.165. The zero-order valence-electron chi connectivity index (χ0n) is 25.5. The number of ether oxygens (including phenoxy) is 4. The fraction of sp³-hybridized carbons (Fsp3) is 0.455. The molecule has 0 saturated carbocycles. The molecule has 248 valence electrons. The predicted molar refractivity (Wildman–Crippen MR) is 163 cm³/mol. The highest BCUT2D eigenvalue weighted by atomic mass is 16.7. The van der Waals surface area contributed by atoms with Crippen LogP contribution in [0.25, 0.3) is 0 Å². The SMILES string of the molecule is C=CCOC(=O)[C@@H]1O[C@@H](OC(=O)CN2C(=O)[C@@H](N[C@@H](CCc3ccccc3)C(=O)OCC)CCc3ccccc32)[C@@H](O)[C@H](O)[C@@H]1O. The van der Waals surface area contributed by atoms with Gasteiger partial charge in [-0.2, -0.15) is 0 Å². The first-order valence-electron chi connectivity index (χ1n) is 15.2. The quantitative estimate of drug-likeness (QED) is 0.136. The summed E-state index contributed by atoms with van der Waals surface area (Å²) in [4.78, 5) is 53.8. The maximum Gasteiger partial charge on any atom is 0.338 e. The molecule has 1 saturated heterocycles. The van der Waals surface area contributed by atoms with Crippen molar-refractivity contribution < 1.29 is 53.4 Å². The Kier molecular flexibility index (Phi) is 12.4. The van der Waals surface area contributed by atoms with Gasteiger partial charge in [0.25, 0.3) is 0 Å². The van der Waals surface area contributed by atoms with E-state index >= 15 is 0 Å². The molecule has 1 amide bonds. The number of carbonyl (C=O) groups is 4. The number of benzene rings is 2. The second-order valence-electron chi connectivity index (χ2n) is 10.9. The predicted octanol–water partition coefficient (Wildman–Crippen LogP) is 0.569. The Balaban J connectivity index is 1.51. The van der Waals surface area contributed by atoms with Crippen molar-refractivity contribution in [2.45, 2.75) is 75.4 Å². The van der Waals surface area contributed by atoms with Crippen LogP contribution >= 0.6 is 0 Å². The summed E-state index contributed by atoms with van der Waals surface area (Å²) in [7, 11) is 0. The van der Waals surface area contributed by atoms with Crippen molar-refractivity contribution in [1.29, 1.82) is 0 Å². The van der Waals surface area contributed by atoms with E-state index in [0.29, 0.717) is 31.4 Å². The number of amides is 1. The van der Waals surface area contributed by atoms with Crippen LogP contribution < -0.4 is 10.2 Å². The highest BCUT2D eigenvalue weighted by molar-refractivity contribution is 6.02. The van der Waals surface area contributed by atoms with Gasteiger partial charge in [0.2, 0.25) is 12.2 Å². The van der Waals surface area contributed by atoms with Crippen LogP contribution in [0.3, 0.4) is 0 Å². The van der Waals surface area contributed by atoms with Gasteiger partial charge in [0.05, 0.1) is 12.6 Å². The van der Waals surface area contributed by atoms with Crippen molar-refractivity contribution in [3.05, 3.63) is 78.4 Å². The van der Waals surface area contributed by atoms with Crippen LogP contribution in [0, 0.1) is 0 Å². The molecule has 0 spiro atoms. The molecule has 4 N–H and O–H groups in total. The van der Waals surface area contributed by atoms with Crippen molar-refractivity contribution in [3.63, 3.8) is 0 Å². The number of aryl methyl sites for hydroxylation is 2. The van der Waals surface area contributed by atoms with Gasteiger partial charge in [0.15, 0.2) is 6.10 Å². The number of hydrogen-bond donors (Lipinski definition) is 4. The van der Waals surface area contributed by atoms with Crippen LogP contribution in [0.5, 0.6) is 0 Å². The minimum Gasteiger partial charge on any atom is -0.465 e. The zero-order valence-corrected chi connectivity index (χ0v) is 25.5. The van der Waals surface area contributed by atoms with E-state index in [-0.39, 0.29) is 13.2 Å². The number of anilines is 1. The van der Waals surface area contributed by atoms with Gasteiger partial charge in [0.1, 0.15) is 37.5 Å². The van der Waals surface area contributed by atoms with Crippen molar-refractivity contribution in [1.82, 2.24) is 5.32 Å². The van der Waals surface area contributed by atoms with Gasteiger partial charge in [-0.1, -0.05) is 61.2 Å². The number of nitrogens with zero attached hydrogens (tertiary/aromatic N) is 1. The molecule has 1 fully saturated rings. The van der Waals surface area contributed by atoms with E-state index in [2.05, 4.69) is 11.9 Å². The molecule has 46 heavy (non-hydrogen) atoms. The molecule has 2 aromatic carbocycles. The van der Waals surface area contributed by atoms with Crippen LogP contribution in [0.1, 0.15) is 30.9 Å². The first kappa shape index (κ1) is 34.7. The highest BCUT2D eigenvalue weighted by Crippen LogP contribution is 2.28. The summed E-state index contributed by atoms with van der Waals surface area (Å²) in [6.07, 6.45) is -6.30. The van der Waals surface area contributed by atoms with Crippen LogP contribution in [0.2, 0.25) is 0 Å². The molecule has 13 nitrogen and oxygen atoms in total. The summed E-state index contributed by atoms with van der Waals surface area (Å²) in [5.41, 5.74) is 2.25. The standard InChI is InChI=1S/C33H40N2O11/c1-3-18-44-32(42)29-27(38)26(37)28(39)33(46-29)45-25(36)19-35-24-13-9-8-12-21(24)15-17-22(30(35)40)34-23(31(41)43-4-2)16-14-20-10-6-5-7-11-20/h3,5-13,22-23,26-29,33-34,37-39H,1,4,14-19H2,2H3/t22-,23-,26+,27-,28-,29+,33+/m0/s1. The highest BCUT2D eigenvalue weighted by Gasteiger charge is 2.49. The van der Waals surface area contributed by atoms with Crippen molar-refractivity contribution in [2.75, 3.05) is 24.7 Å². The number of esters is 3. The molecule has 0 radical (unpaired) electrons. The number of aliphatic hydroxyl groups is 3. The molecule has 2 aromatic rings. The third-order valence-electron chi connectivity index (χ3n) is 7.77. The summed E-state index contributed by atoms with van der Waals surface area (Å²) < 4.78 is 20.8. The molecule has 0 aliphatic carbocycles. The maximum atomic E-state index is 14.0. The van der Waals surface area contributed by atoms with E-state index < -0.39 is 73.1 Å². The van der Waals surface area contributed by atoms with E-state index in [1.807, 2.05) is 36.4 Å². The number of carbonyl (C=O) groups excluding carboxylic acids is 4. The van der Waals surface area contributed by atoms with Gasteiger partial charge < -0.3 is 34.3 Å². The summed E-state index contributed by atoms with van der Waals surface area (Å²) in [5.74, 6) is -3.08. The monoisotopic (exact) mass is 640 g/mol. The molecule has 4 rings (SSSR count). The molecule has 2 aliphatic rings. The molecule has 2 aliphatic heterocycles. The van der Waals surface area contributed by atoms with E-state index in [1.54, 1.807) is 25.1 Å². The fourth-order valence-electron chi connectivity index (χ4n) is 5.40. The van der Waals surface area contributed by atoms with E-state index in [4.69, 9.17) is 18.9 Å². The topological polar surface area (TPSA) is 181 Å². The Labute approximate surface area is 266 Å². The lowest BCUT2D eigenvalue weighted by molar-refractivity contribution is -0.286. The van der Waals surface area contributed by atoms with Gasteiger partial charge in [0, 0.05) is 5.69 Å². The van der Waals surface area contributed by atoms with Crippen LogP contribution in [-0.4, -0.2) is 102 Å². The summed E-state index contributed by atoms with van der Waals surface area (Å²) in [6, 6.07) is 14.9. The Morgan fingerprint density at radius 2 is 1.76 bits per heavy atom. The van der Waals surface area contributed by atoms with Crippen LogP contribution in [0.4, 0.5) is 5.69 Å². The first-order valence-corrected chi connectivity index (χ1v) is 15.2. The average molecular weight is 641 g/mol. The summed E-state index contributed by atoms with van der Waals surface area (Å²) in [6.45, 7) is 4.46. The van der Waals surface area contributed by atoms with E-state index in [1.165, 1.54) is 11.0 Å². The Hall–Kier alpha value is -4.14. The molecule has 0 bridgehead atoms. The summed E-state index contributed by atoms with van der Waals surface area (Å²) >= 11 is 0. The van der Waals surface area contributed by atoms with E-state index in [9.17, 15) is 34.5 Å². The zero-order chi connectivity index (χ0) is 33.2. The lowest BCUT2D eigenvalue weighted by Crippen LogP contribution is -2.61. The first-order chi connectivity index (χ1) is 22.1. The number of hydrogen-bond acceptors (Lipinski definition) is 12. The molecule has 0 unspecified atom stereocenters. The normalized spacial score (nSPS) is 25.0. The third kappa shape index (κ3) is 8.56. The second-order valence-corrected chi connectivity index (χ2v) is 10.9. The van der Waals surface area contributed by atoms with Gasteiger partial charge in [-0.15, -0.1) is 0 Å². The number of fused-ring (bicyclic) bond motifs is 1. The molecular weight excluding hydrogens is 600 g/mol. The Morgan fingerprint density at radius 3 is 2.48 bits per heavy atom. The van der Waals surface area contributed by atoms with Crippen molar-refractivity contribution in [2.24, 2.45) is 0 Å². The largest absolute Gasteiger partial charge is 0.465 e.